The number of aromatic amines is 1. The van der Waals surface area contributed by atoms with Gasteiger partial charge in [0.25, 0.3) is 0 Å². The maximum atomic E-state index is 14.7. The number of hydrogen-bond donors (Lipinski definition) is 2. The van der Waals surface area contributed by atoms with Gasteiger partial charge in [-0.1, -0.05) is 20.3 Å². The number of nitrogens with zero attached hydrogens (tertiary/aromatic N) is 4. The Morgan fingerprint density at radius 3 is 2.83 bits per heavy atom. The third-order valence-electron chi connectivity index (χ3n) is 5.38. The van der Waals surface area contributed by atoms with E-state index in [1.54, 1.807) is 23.0 Å². The van der Waals surface area contributed by atoms with Gasteiger partial charge in [-0.25, -0.2) is 18.7 Å². The monoisotopic (exact) mass is 398 g/mol. The maximum Gasteiger partial charge on any atom is 0.224 e. The van der Waals surface area contributed by atoms with E-state index in [0.29, 0.717) is 35.6 Å². The second-order valence-electron chi connectivity index (χ2n) is 7.44. The minimum Gasteiger partial charge on any atom is -0.351 e. The van der Waals surface area contributed by atoms with Crippen molar-refractivity contribution in [3.63, 3.8) is 0 Å². The van der Waals surface area contributed by atoms with Gasteiger partial charge in [0.05, 0.1) is 6.54 Å². The molecule has 0 amide bonds. The minimum absolute atomic E-state index is 0.165. The fourth-order valence-electron chi connectivity index (χ4n) is 3.62. The number of rotatable bonds is 7. The van der Waals surface area contributed by atoms with Gasteiger partial charge in [0.2, 0.25) is 5.95 Å². The highest BCUT2D eigenvalue weighted by Crippen LogP contribution is 2.30. The molecule has 152 valence electrons. The summed E-state index contributed by atoms with van der Waals surface area (Å²) >= 11 is 0. The molecule has 0 saturated heterocycles. The number of aryl methyl sites for hydroxylation is 1. The van der Waals surface area contributed by atoms with E-state index in [4.69, 9.17) is 0 Å². The lowest BCUT2D eigenvalue weighted by atomic mass is 9.97. The Kier molecular flexibility index (Phi) is 4.94. The van der Waals surface area contributed by atoms with E-state index >= 15 is 0 Å². The summed E-state index contributed by atoms with van der Waals surface area (Å²) in [6, 6.07) is 1.46. The molecule has 0 aliphatic rings. The van der Waals surface area contributed by atoms with Gasteiger partial charge in [0.15, 0.2) is 11.5 Å². The van der Waals surface area contributed by atoms with Gasteiger partial charge in [0.1, 0.15) is 11.3 Å². The fourth-order valence-corrected chi connectivity index (χ4v) is 3.62. The van der Waals surface area contributed by atoms with Crippen molar-refractivity contribution in [1.82, 2.24) is 24.3 Å². The van der Waals surface area contributed by atoms with Gasteiger partial charge in [-0.15, -0.1) is 0 Å². The Balaban J connectivity index is 1.65. The highest BCUT2D eigenvalue weighted by molar-refractivity contribution is 5.93. The molecule has 4 heterocycles. The van der Waals surface area contributed by atoms with Crippen molar-refractivity contribution in [2.75, 3.05) is 11.9 Å². The zero-order chi connectivity index (χ0) is 20.6. The first kappa shape index (κ1) is 19.3. The number of pyridine rings is 1. The van der Waals surface area contributed by atoms with E-state index < -0.39 is 5.67 Å². The van der Waals surface area contributed by atoms with Crippen molar-refractivity contribution in [3.8, 4) is 11.1 Å². The Morgan fingerprint density at radius 1 is 1.24 bits per heavy atom. The second kappa shape index (κ2) is 7.42. The first-order valence-corrected chi connectivity index (χ1v) is 9.84. The SMILES string of the molecule is CCCC(F)(CC)CNc1ncc2c(-c3cc(F)c4ncc(C)n4c3)c[nH]c2n1. The zero-order valence-electron chi connectivity index (χ0n) is 16.8. The molecule has 6 nitrogen and oxygen atoms in total. The smallest absolute Gasteiger partial charge is 0.224 e. The van der Waals surface area contributed by atoms with Crippen molar-refractivity contribution < 1.29 is 8.78 Å². The molecule has 0 fully saturated rings. The molecule has 0 bridgehead atoms. The molecule has 1 atom stereocenters. The average Bonchev–Trinajstić information content (AvgIpc) is 3.30. The second-order valence-corrected chi connectivity index (χ2v) is 7.44. The summed E-state index contributed by atoms with van der Waals surface area (Å²) in [5.41, 5.74) is 1.97. The first-order chi connectivity index (χ1) is 13.9. The predicted molar refractivity (Wildman–Crippen MR) is 110 cm³/mol. The van der Waals surface area contributed by atoms with Crippen molar-refractivity contribution >= 4 is 22.6 Å². The third-order valence-corrected chi connectivity index (χ3v) is 5.38. The van der Waals surface area contributed by atoms with E-state index in [0.717, 1.165) is 23.1 Å². The van der Waals surface area contributed by atoms with Crippen molar-refractivity contribution in [2.45, 2.75) is 45.7 Å². The molecule has 0 aliphatic carbocycles. The standard InChI is InChI=1S/C21H24F2N6/c1-4-6-21(23,5-2)12-27-20-26-10-16-15(9-24-18(16)28-20)14-7-17(22)19-25-8-13(3)29(19)11-14/h7-11H,4-6,12H2,1-3H3,(H2,24,26,27,28). The molecular weight excluding hydrogens is 374 g/mol. The summed E-state index contributed by atoms with van der Waals surface area (Å²) in [6.45, 7) is 5.85. The van der Waals surface area contributed by atoms with Gasteiger partial charge < -0.3 is 14.7 Å². The van der Waals surface area contributed by atoms with Crippen LogP contribution in [0.1, 0.15) is 38.8 Å². The van der Waals surface area contributed by atoms with Crippen molar-refractivity contribution in [3.05, 3.63) is 42.4 Å². The van der Waals surface area contributed by atoms with Crippen LogP contribution in [0.15, 0.2) is 30.9 Å². The first-order valence-electron chi connectivity index (χ1n) is 9.84. The molecule has 0 aliphatic heterocycles. The quantitative estimate of drug-likeness (QED) is 0.457. The lowest BCUT2D eigenvalue weighted by Crippen LogP contribution is -2.31. The van der Waals surface area contributed by atoms with Crippen LogP contribution >= 0.6 is 0 Å². The zero-order valence-corrected chi connectivity index (χ0v) is 16.8. The molecule has 1 unspecified atom stereocenters. The Labute approximate surface area is 167 Å². The molecule has 4 rings (SSSR count). The summed E-state index contributed by atoms with van der Waals surface area (Å²) in [5.74, 6) is -0.0245. The number of nitrogens with one attached hydrogen (secondary N) is 2. The van der Waals surface area contributed by atoms with Crippen molar-refractivity contribution in [1.29, 1.82) is 0 Å². The van der Waals surface area contributed by atoms with Gasteiger partial charge in [0, 0.05) is 47.0 Å². The van der Waals surface area contributed by atoms with Crippen LogP contribution in [0.2, 0.25) is 0 Å². The van der Waals surface area contributed by atoms with Crippen LogP contribution in [-0.4, -0.2) is 36.6 Å². The summed E-state index contributed by atoms with van der Waals surface area (Å²) < 4.78 is 30.9. The molecule has 2 N–H and O–H groups in total. The van der Waals surface area contributed by atoms with E-state index in [1.165, 1.54) is 6.07 Å². The number of alkyl halides is 1. The van der Waals surface area contributed by atoms with Crippen LogP contribution in [0, 0.1) is 12.7 Å². The highest BCUT2D eigenvalue weighted by Gasteiger charge is 2.26. The number of hydrogen-bond acceptors (Lipinski definition) is 4. The Morgan fingerprint density at radius 2 is 2.07 bits per heavy atom. The van der Waals surface area contributed by atoms with Gasteiger partial charge in [-0.2, -0.15) is 4.98 Å². The lowest BCUT2D eigenvalue weighted by molar-refractivity contribution is 0.158. The van der Waals surface area contributed by atoms with Crippen LogP contribution in [0.5, 0.6) is 0 Å². The summed E-state index contributed by atoms with van der Waals surface area (Å²) in [6.07, 6.45) is 8.64. The molecular formula is C21H24F2N6. The average molecular weight is 398 g/mol. The van der Waals surface area contributed by atoms with E-state index in [9.17, 15) is 8.78 Å². The summed E-state index contributed by atoms with van der Waals surface area (Å²) in [5, 5.41) is 3.78. The summed E-state index contributed by atoms with van der Waals surface area (Å²) in [4.78, 5) is 16.0. The van der Waals surface area contributed by atoms with Gasteiger partial charge in [-0.3, -0.25) is 0 Å². The van der Waals surface area contributed by atoms with Gasteiger partial charge >= 0.3 is 0 Å². The van der Waals surface area contributed by atoms with Crippen LogP contribution < -0.4 is 5.32 Å². The molecule has 29 heavy (non-hydrogen) atoms. The molecule has 4 aromatic rings. The fraction of sp³-hybridized carbons (Fsp3) is 0.381. The lowest BCUT2D eigenvalue weighted by Gasteiger charge is -2.23. The van der Waals surface area contributed by atoms with E-state index in [2.05, 4.69) is 25.3 Å². The molecule has 0 saturated carbocycles. The van der Waals surface area contributed by atoms with Crippen LogP contribution in [0.3, 0.4) is 0 Å². The highest BCUT2D eigenvalue weighted by atomic mass is 19.1. The topological polar surface area (TPSA) is 70.9 Å². The van der Waals surface area contributed by atoms with Gasteiger partial charge in [-0.05, 0) is 25.8 Å². The molecule has 0 spiro atoms. The van der Waals surface area contributed by atoms with E-state index in [-0.39, 0.29) is 12.4 Å². The molecule has 4 aromatic heterocycles. The number of H-pyrrole nitrogens is 1. The van der Waals surface area contributed by atoms with Crippen LogP contribution in [-0.2, 0) is 0 Å². The van der Waals surface area contributed by atoms with Crippen LogP contribution in [0.4, 0.5) is 14.7 Å². The Hall–Kier alpha value is -3.03. The molecule has 0 aromatic carbocycles. The van der Waals surface area contributed by atoms with Crippen molar-refractivity contribution in [2.24, 2.45) is 0 Å². The largest absolute Gasteiger partial charge is 0.351 e. The summed E-state index contributed by atoms with van der Waals surface area (Å²) in [7, 11) is 0. The van der Waals surface area contributed by atoms with E-state index in [1.807, 2.05) is 27.0 Å². The third kappa shape index (κ3) is 3.54. The molecule has 8 heteroatoms. The maximum absolute atomic E-state index is 14.7. The molecule has 0 radical (unpaired) electrons. The number of halogens is 2. The number of imidazole rings is 1. The number of fused-ring (bicyclic) bond motifs is 2. The Bertz CT molecular complexity index is 1160. The number of aromatic nitrogens is 5. The predicted octanol–water partition coefficient (Wildman–Crippen LogP) is 5.05. The van der Waals surface area contributed by atoms with Crippen LogP contribution in [0.25, 0.3) is 27.8 Å². The minimum atomic E-state index is -1.27. The normalized spacial score (nSPS) is 13.8. The number of anilines is 1.